The van der Waals surface area contributed by atoms with Crippen molar-refractivity contribution in [3.8, 4) is 0 Å². The van der Waals surface area contributed by atoms with Gasteiger partial charge in [0.15, 0.2) is 0 Å². The molecule has 4 saturated carbocycles. The van der Waals surface area contributed by atoms with Crippen molar-refractivity contribution >= 4 is 25.1 Å². The van der Waals surface area contributed by atoms with Gasteiger partial charge in [0.25, 0.3) is 0 Å². The smallest absolute Gasteiger partial charge is 0.123 e. The molecule has 81 heavy (non-hydrogen) atoms. The highest BCUT2D eigenvalue weighted by molar-refractivity contribution is 5.58. The molecule has 0 aromatic carbocycles. The summed E-state index contributed by atoms with van der Waals surface area (Å²) in [5, 5.41) is 8.26. The number of hydrogen-bond donors (Lipinski definition) is 1. The first-order chi connectivity index (χ1) is 39.9. The van der Waals surface area contributed by atoms with E-state index in [0.717, 1.165) is 161 Å². The van der Waals surface area contributed by atoms with Crippen LogP contribution in [0.2, 0.25) is 0 Å². The molecular weight excluding hydrogens is 1050 g/mol. The minimum absolute atomic E-state index is 0.0894. The average Bonchev–Trinajstić information content (AvgIpc) is 3.51. The van der Waals surface area contributed by atoms with Crippen molar-refractivity contribution < 1.29 is 90.6 Å². The van der Waals surface area contributed by atoms with E-state index in [1.54, 1.807) is 0 Å². The van der Waals surface area contributed by atoms with E-state index in [1.165, 1.54) is 22.3 Å². The zero-order chi connectivity index (χ0) is 59.2. The van der Waals surface area contributed by atoms with Crippen LogP contribution in [0.3, 0.4) is 0 Å². The Morgan fingerprint density at radius 2 is 0.593 bits per heavy atom. The SMILES string of the molecule is CCOCCOCCO.CCOCCOCCOC=C1CCC(=COCCOCCOCC)CC1.CCOCCOCCOC=C1CCCC(=COCCOCCOCC)C1.O=CC1CCC(C=O)CC1.O=CC1CCCC(C=O)C1. The molecule has 472 valence electrons. The summed E-state index contributed by atoms with van der Waals surface area (Å²) in [5.74, 6) is 0.778. The van der Waals surface area contributed by atoms with E-state index in [1.807, 2.05) is 59.7 Å². The quantitative estimate of drug-likeness (QED) is 0.0342. The van der Waals surface area contributed by atoms with Crippen LogP contribution in [0.5, 0.6) is 0 Å². The molecule has 4 fully saturated rings. The molecule has 0 saturated heterocycles. The lowest BCUT2D eigenvalue weighted by Crippen LogP contribution is -2.17. The van der Waals surface area contributed by atoms with E-state index in [-0.39, 0.29) is 30.3 Å². The number of aliphatic hydroxyl groups excluding tert-OH is 1. The van der Waals surface area contributed by atoms with Gasteiger partial charge in [-0.3, -0.25) is 0 Å². The minimum atomic E-state index is 0.0894. The lowest BCUT2D eigenvalue weighted by molar-refractivity contribution is -0.115. The zero-order valence-corrected chi connectivity index (χ0v) is 50.7. The fraction of sp³-hybridized carbons (Fsp3) is 0.806. The Balaban J connectivity index is 0.00000107. The second-order valence-corrected chi connectivity index (χ2v) is 19.3. The monoisotopic (exact) mass is 1160 g/mol. The molecule has 0 aromatic rings. The molecular formula is C62H110O19. The fourth-order valence-corrected chi connectivity index (χ4v) is 8.29. The molecule has 2 atom stereocenters. The average molecular weight is 1160 g/mol. The number of ether oxygens (including phenoxy) is 14. The maximum Gasteiger partial charge on any atom is 0.123 e. The Bertz CT molecular complexity index is 1410. The van der Waals surface area contributed by atoms with Gasteiger partial charge in [-0.2, -0.15) is 0 Å². The summed E-state index contributed by atoms with van der Waals surface area (Å²) in [6.45, 7) is 25.0. The van der Waals surface area contributed by atoms with Crippen LogP contribution in [0.4, 0.5) is 0 Å². The highest BCUT2D eigenvalue weighted by atomic mass is 16.6. The maximum atomic E-state index is 10.3. The molecule has 19 heteroatoms. The summed E-state index contributed by atoms with van der Waals surface area (Å²) in [6, 6.07) is 0. The Morgan fingerprint density at radius 3 is 0.877 bits per heavy atom. The molecule has 1 N–H and O–H groups in total. The highest BCUT2D eigenvalue weighted by Crippen LogP contribution is 2.29. The summed E-state index contributed by atoms with van der Waals surface area (Å²) in [4.78, 5) is 41.1. The van der Waals surface area contributed by atoms with Crippen LogP contribution in [-0.2, 0) is 85.5 Å². The predicted octanol–water partition coefficient (Wildman–Crippen LogP) is 9.35. The first-order valence-corrected chi connectivity index (χ1v) is 30.2. The van der Waals surface area contributed by atoms with Crippen LogP contribution in [0, 0.1) is 23.7 Å². The topological polar surface area (TPSA) is 218 Å². The van der Waals surface area contributed by atoms with Crippen molar-refractivity contribution in [2.24, 2.45) is 23.7 Å². The van der Waals surface area contributed by atoms with E-state index in [0.29, 0.717) is 126 Å². The minimum Gasteiger partial charge on any atom is -0.499 e. The van der Waals surface area contributed by atoms with Crippen molar-refractivity contribution in [1.82, 2.24) is 0 Å². The van der Waals surface area contributed by atoms with Gasteiger partial charge in [0, 0.05) is 56.7 Å². The van der Waals surface area contributed by atoms with Crippen molar-refractivity contribution in [3.05, 3.63) is 47.3 Å². The highest BCUT2D eigenvalue weighted by Gasteiger charge is 2.21. The number of aliphatic hydroxyl groups is 1. The second kappa shape index (κ2) is 62.4. The van der Waals surface area contributed by atoms with Gasteiger partial charge in [0.05, 0.1) is 131 Å². The van der Waals surface area contributed by atoms with E-state index in [2.05, 4.69) is 0 Å². The van der Waals surface area contributed by atoms with Gasteiger partial charge in [-0.05, 0) is 153 Å². The molecule has 4 aliphatic rings. The Morgan fingerprint density at radius 1 is 0.321 bits per heavy atom. The van der Waals surface area contributed by atoms with Crippen LogP contribution in [0.15, 0.2) is 47.3 Å². The molecule has 2 unspecified atom stereocenters. The largest absolute Gasteiger partial charge is 0.499 e. The summed E-state index contributed by atoms with van der Waals surface area (Å²) in [7, 11) is 0. The fourth-order valence-electron chi connectivity index (χ4n) is 8.29. The third kappa shape index (κ3) is 51.7. The van der Waals surface area contributed by atoms with Gasteiger partial charge in [-0.15, -0.1) is 0 Å². The molecule has 4 aliphatic carbocycles. The lowest BCUT2D eigenvalue weighted by atomic mass is 9.83. The van der Waals surface area contributed by atoms with Crippen molar-refractivity contribution in [2.75, 3.05) is 165 Å². The molecule has 4 rings (SSSR count). The van der Waals surface area contributed by atoms with Crippen molar-refractivity contribution in [1.29, 1.82) is 0 Å². The number of carbonyl (C=O) groups excluding carboxylic acids is 4. The third-order valence-electron chi connectivity index (χ3n) is 12.8. The molecule has 0 aliphatic heterocycles. The molecule has 19 nitrogen and oxygen atoms in total. The van der Waals surface area contributed by atoms with Crippen molar-refractivity contribution in [2.45, 2.75) is 137 Å². The summed E-state index contributed by atoms with van der Waals surface area (Å²) < 4.78 is 74.7. The molecule has 0 heterocycles. The lowest BCUT2D eigenvalue weighted by Gasteiger charge is -2.20. The van der Waals surface area contributed by atoms with Crippen LogP contribution >= 0.6 is 0 Å². The van der Waals surface area contributed by atoms with Crippen LogP contribution < -0.4 is 0 Å². The molecule has 0 aromatic heterocycles. The third-order valence-corrected chi connectivity index (χ3v) is 12.8. The first-order valence-electron chi connectivity index (χ1n) is 30.2. The van der Waals surface area contributed by atoms with E-state index in [9.17, 15) is 19.2 Å². The van der Waals surface area contributed by atoms with Crippen molar-refractivity contribution in [3.63, 3.8) is 0 Å². The number of aldehydes is 4. The number of rotatable bonds is 42. The first kappa shape index (κ1) is 77.4. The molecule has 0 radical (unpaired) electrons. The summed E-state index contributed by atoms with van der Waals surface area (Å²) >= 11 is 0. The van der Waals surface area contributed by atoms with E-state index >= 15 is 0 Å². The van der Waals surface area contributed by atoms with Gasteiger partial charge in [0.1, 0.15) is 51.6 Å². The number of carbonyl (C=O) groups is 4. The number of allylic oxidation sites excluding steroid dienone is 4. The van der Waals surface area contributed by atoms with Gasteiger partial charge < -0.3 is 90.6 Å². The summed E-state index contributed by atoms with van der Waals surface area (Å²) in [6.07, 6.45) is 27.3. The predicted molar refractivity (Wildman–Crippen MR) is 312 cm³/mol. The Labute approximate surface area is 487 Å². The molecule has 0 spiro atoms. The van der Waals surface area contributed by atoms with Gasteiger partial charge in [-0.1, -0.05) is 6.42 Å². The van der Waals surface area contributed by atoms with E-state index in [4.69, 9.17) is 71.4 Å². The maximum absolute atomic E-state index is 10.3. The van der Waals surface area contributed by atoms with E-state index < -0.39 is 0 Å². The Hall–Kier alpha value is -3.60. The normalized spacial score (nSPS) is 19.6. The van der Waals surface area contributed by atoms with Gasteiger partial charge >= 0.3 is 0 Å². The zero-order valence-electron chi connectivity index (χ0n) is 50.7. The van der Waals surface area contributed by atoms with Crippen LogP contribution in [-0.4, -0.2) is 195 Å². The van der Waals surface area contributed by atoms with Gasteiger partial charge in [-0.25, -0.2) is 0 Å². The van der Waals surface area contributed by atoms with Crippen LogP contribution in [0.1, 0.15) is 137 Å². The summed E-state index contributed by atoms with van der Waals surface area (Å²) in [5.41, 5.74) is 5.34. The number of hydrogen-bond acceptors (Lipinski definition) is 19. The van der Waals surface area contributed by atoms with Gasteiger partial charge in [0.2, 0.25) is 0 Å². The second-order valence-electron chi connectivity index (χ2n) is 19.3. The standard InChI is InChI=1S/2C20H36O6.2C8H12O2.C6H14O3/c1-3-21-9-11-23-13-15-25-17-19-5-7-20(8-6-19)18-26-16-14-24-12-10-22-4-2;1-3-21-8-10-23-12-14-25-17-19-6-5-7-20(16-19)18-26-15-13-24-11-9-22-4-2;9-5-7-1-2-8(6-10)4-3-7;9-5-7-2-1-3-8(4-7)6-10;1-2-8-5-6-9-4-3-7/h2*17-18H,3-16H2,1-2H3;2*5-8H,1-4H2;7H,2-6H2,1H3. The van der Waals surface area contributed by atoms with Crippen LogP contribution in [0.25, 0.3) is 0 Å². The molecule has 0 amide bonds. The Kier molecular flexibility index (Phi) is 59.7. The molecule has 0 bridgehead atoms.